The summed E-state index contributed by atoms with van der Waals surface area (Å²) in [5, 5.41) is 8.58. The molecule has 2 heterocycles. The summed E-state index contributed by atoms with van der Waals surface area (Å²) in [4.78, 5) is 31.3. The predicted octanol–water partition coefficient (Wildman–Crippen LogP) is 5.16. The highest BCUT2D eigenvalue weighted by atomic mass is 19.1. The Kier molecular flexibility index (Phi) is 12.0. The average Bonchev–Trinajstić information content (AvgIpc) is 2.98. The number of aromatic nitrogens is 2. The van der Waals surface area contributed by atoms with Crippen LogP contribution in [0.5, 0.6) is 0 Å². The zero-order chi connectivity index (χ0) is 32.1. The Morgan fingerprint density at radius 2 is 1.25 bits per heavy atom. The molecular formula is C30H34F2N8O4. The fourth-order valence-electron chi connectivity index (χ4n) is 3.65. The Labute approximate surface area is 253 Å². The second kappa shape index (κ2) is 16.1. The number of amides is 1. The molecule has 0 radical (unpaired) electrons. The van der Waals surface area contributed by atoms with E-state index in [1.807, 2.05) is 0 Å². The molecule has 0 aliphatic carbocycles. The van der Waals surface area contributed by atoms with Crippen molar-refractivity contribution in [1.82, 2.24) is 9.97 Å². The number of nitrogens with two attached hydrogens (primary N) is 3. The molecule has 44 heavy (non-hydrogen) atoms. The molecule has 232 valence electrons. The fourth-order valence-corrected chi connectivity index (χ4v) is 3.65. The summed E-state index contributed by atoms with van der Waals surface area (Å²) >= 11 is 0. The monoisotopic (exact) mass is 608 g/mol. The predicted molar refractivity (Wildman–Crippen MR) is 166 cm³/mol. The lowest BCUT2D eigenvalue weighted by molar-refractivity contribution is 0.0528. The summed E-state index contributed by atoms with van der Waals surface area (Å²) in [5.74, 6) is -0.0226. The smallest absolute Gasteiger partial charge is 0.411 e. The van der Waals surface area contributed by atoms with Crippen LogP contribution in [0.4, 0.5) is 48.2 Å². The number of anilines is 6. The van der Waals surface area contributed by atoms with Crippen LogP contribution >= 0.6 is 0 Å². The highest BCUT2D eigenvalue weighted by Gasteiger charge is 2.17. The average molecular weight is 609 g/mol. The van der Waals surface area contributed by atoms with Gasteiger partial charge in [-0.2, -0.15) is 0 Å². The molecule has 2 aromatic heterocycles. The summed E-state index contributed by atoms with van der Waals surface area (Å²) < 4.78 is 35.3. The maximum absolute atomic E-state index is 12.8. The van der Waals surface area contributed by atoms with E-state index in [9.17, 15) is 18.4 Å². The Morgan fingerprint density at radius 1 is 0.727 bits per heavy atom. The number of nitrogen functional groups attached to an aromatic ring is 3. The number of esters is 1. The number of benzene rings is 2. The molecule has 0 saturated carbocycles. The second-order valence-electron chi connectivity index (χ2n) is 9.01. The normalized spacial score (nSPS) is 10.2. The number of nitrogens with one attached hydrogen (secondary N) is 3. The van der Waals surface area contributed by atoms with Gasteiger partial charge in [0.2, 0.25) is 0 Å². The van der Waals surface area contributed by atoms with Gasteiger partial charge in [-0.1, -0.05) is 24.3 Å². The molecule has 14 heteroatoms. The quantitative estimate of drug-likeness (QED) is 0.130. The van der Waals surface area contributed by atoms with Crippen LogP contribution in [0.3, 0.4) is 0 Å². The highest BCUT2D eigenvalue weighted by Crippen LogP contribution is 2.23. The largest absolute Gasteiger partial charge is 0.462 e. The minimum atomic E-state index is -0.602. The van der Waals surface area contributed by atoms with Crippen molar-refractivity contribution < 1.29 is 27.8 Å². The van der Waals surface area contributed by atoms with Gasteiger partial charge in [0, 0.05) is 19.2 Å². The van der Waals surface area contributed by atoms with E-state index in [0.717, 1.165) is 11.1 Å². The van der Waals surface area contributed by atoms with Gasteiger partial charge in [-0.15, -0.1) is 0 Å². The lowest BCUT2D eigenvalue weighted by atomic mass is 10.2. The number of rotatable bonds is 10. The van der Waals surface area contributed by atoms with E-state index in [-0.39, 0.29) is 47.7 Å². The van der Waals surface area contributed by atoms with Crippen molar-refractivity contribution >= 4 is 46.7 Å². The van der Waals surface area contributed by atoms with E-state index in [0.29, 0.717) is 30.4 Å². The van der Waals surface area contributed by atoms with Crippen molar-refractivity contribution in [1.29, 1.82) is 0 Å². The van der Waals surface area contributed by atoms with Crippen LogP contribution in [0.25, 0.3) is 0 Å². The number of halogens is 2. The van der Waals surface area contributed by atoms with Crippen LogP contribution in [0.2, 0.25) is 0 Å². The second-order valence-corrected chi connectivity index (χ2v) is 9.01. The van der Waals surface area contributed by atoms with Crippen molar-refractivity contribution in [3.63, 3.8) is 0 Å². The van der Waals surface area contributed by atoms with Crippen molar-refractivity contribution in [2.24, 2.45) is 0 Å². The van der Waals surface area contributed by atoms with Crippen LogP contribution in [-0.4, -0.2) is 35.2 Å². The molecule has 0 aliphatic rings. The molecule has 0 unspecified atom stereocenters. The maximum atomic E-state index is 12.8. The van der Waals surface area contributed by atoms with Gasteiger partial charge in [0.1, 0.15) is 40.5 Å². The molecule has 0 atom stereocenters. The summed E-state index contributed by atoms with van der Waals surface area (Å²) in [5.41, 5.74) is 19.8. The third-order valence-electron chi connectivity index (χ3n) is 5.77. The van der Waals surface area contributed by atoms with E-state index < -0.39 is 12.1 Å². The number of nitrogens with zero attached hydrogens (tertiary/aromatic N) is 2. The molecule has 4 aromatic rings. The number of carbonyl (C=O) groups excluding carboxylic acids is 2. The molecule has 12 nitrogen and oxygen atoms in total. The first-order valence-corrected chi connectivity index (χ1v) is 13.5. The topological polar surface area (TPSA) is 193 Å². The van der Waals surface area contributed by atoms with E-state index in [4.69, 9.17) is 26.7 Å². The van der Waals surface area contributed by atoms with Crippen LogP contribution in [0.1, 0.15) is 35.3 Å². The summed E-state index contributed by atoms with van der Waals surface area (Å²) in [7, 11) is 0. The SMILES string of the molecule is CCOC(=O)Nc1ccc(NCc2ccc(F)cc2)nc1N.CCOC(=O)c1c(N)cc(NCc2ccc(F)cc2)nc1N. The Balaban J connectivity index is 0.000000240. The van der Waals surface area contributed by atoms with Crippen molar-refractivity contribution in [3.8, 4) is 0 Å². The summed E-state index contributed by atoms with van der Waals surface area (Å²) in [6.07, 6.45) is -0.581. The van der Waals surface area contributed by atoms with Gasteiger partial charge < -0.3 is 37.3 Å². The Bertz CT molecular complexity index is 1530. The molecule has 0 fully saturated rings. The van der Waals surface area contributed by atoms with Crippen molar-refractivity contribution in [2.45, 2.75) is 26.9 Å². The first kappa shape index (κ1) is 32.8. The Morgan fingerprint density at radius 3 is 1.75 bits per heavy atom. The van der Waals surface area contributed by atoms with E-state index in [2.05, 4.69) is 25.9 Å². The lowest BCUT2D eigenvalue weighted by Crippen LogP contribution is -2.15. The van der Waals surface area contributed by atoms with Crippen LogP contribution in [0.15, 0.2) is 66.7 Å². The molecule has 0 saturated heterocycles. The maximum Gasteiger partial charge on any atom is 0.411 e. The standard InChI is InChI=1S/2C15H17FN4O2/c1-2-22-15(21)13-11(17)7-12(20-14(13)18)19-8-9-3-5-10(16)6-4-9;1-2-22-15(21)19-12-7-8-13(20-14(12)17)18-9-10-3-5-11(16)6-4-10/h3-7H,2,8H2,1H3,(H5,17,18,19,20);3-8H,2,9H2,1H3,(H,19,21)(H3,17,18,20). The highest BCUT2D eigenvalue weighted by molar-refractivity contribution is 6.00. The number of carbonyl (C=O) groups is 2. The number of hydrogen-bond donors (Lipinski definition) is 6. The van der Waals surface area contributed by atoms with Gasteiger partial charge in [0.25, 0.3) is 0 Å². The summed E-state index contributed by atoms with van der Waals surface area (Å²) in [6.45, 7) is 4.81. The van der Waals surface area contributed by atoms with E-state index in [1.165, 1.54) is 30.3 Å². The van der Waals surface area contributed by atoms with Crippen LogP contribution in [0, 0.1) is 11.6 Å². The van der Waals surface area contributed by atoms with Gasteiger partial charge in [0.05, 0.1) is 24.6 Å². The minimum Gasteiger partial charge on any atom is -0.462 e. The number of pyridine rings is 2. The zero-order valence-electron chi connectivity index (χ0n) is 24.2. The van der Waals surface area contributed by atoms with Crippen LogP contribution in [-0.2, 0) is 22.6 Å². The number of ether oxygens (including phenoxy) is 2. The van der Waals surface area contributed by atoms with E-state index in [1.54, 1.807) is 50.2 Å². The first-order chi connectivity index (χ1) is 21.1. The van der Waals surface area contributed by atoms with Gasteiger partial charge >= 0.3 is 12.1 Å². The first-order valence-electron chi connectivity index (χ1n) is 13.5. The van der Waals surface area contributed by atoms with Gasteiger partial charge in [-0.25, -0.2) is 28.3 Å². The molecule has 4 rings (SSSR count). The molecule has 2 aromatic carbocycles. The van der Waals surface area contributed by atoms with Crippen molar-refractivity contribution in [2.75, 3.05) is 46.4 Å². The zero-order valence-corrected chi connectivity index (χ0v) is 24.2. The Hall–Kier alpha value is -5.66. The fraction of sp³-hybridized carbons (Fsp3) is 0.200. The summed E-state index contributed by atoms with van der Waals surface area (Å²) in [6, 6.07) is 17.0. The van der Waals surface area contributed by atoms with Crippen molar-refractivity contribution in [3.05, 3.63) is 95.1 Å². The molecule has 9 N–H and O–H groups in total. The molecule has 1 amide bonds. The molecule has 0 bridgehead atoms. The number of hydrogen-bond acceptors (Lipinski definition) is 11. The van der Waals surface area contributed by atoms with Gasteiger partial charge in [-0.3, -0.25) is 5.32 Å². The lowest BCUT2D eigenvalue weighted by Gasteiger charge is -2.11. The third kappa shape index (κ3) is 10.0. The molecule has 0 aliphatic heterocycles. The van der Waals surface area contributed by atoms with E-state index >= 15 is 0 Å². The third-order valence-corrected chi connectivity index (χ3v) is 5.77. The molecular weight excluding hydrogens is 574 g/mol. The molecule has 0 spiro atoms. The minimum absolute atomic E-state index is 0.0000520. The van der Waals surface area contributed by atoms with Gasteiger partial charge in [0.15, 0.2) is 0 Å². The van der Waals surface area contributed by atoms with Gasteiger partial charge in [-0.05, 0) is 61.4 Å². The van der Waals surface area contributed by atoms with Crippen LogP contribution < -0.4 is 33.2 Å².